The number of carboxylic acid groups (broad SMARTS) is 1. The highest BCUT2D eigenvalue weighted by atomic mass is 19.1. The fourth-order valence-electron chi connectivity index (χ4n) is 3.39. The summed E-state index contributed by atoms with van der Waals surface area (Å²) in [6.07, 6.45) is 1.15. The van der Waals surface area contributed by atoms with Gasteiger partial charge in [0.1, 0.15) is 17.8 Å². The number of carbonyl (C=O) groups is 2. The maximum Gasteiger partial charge on any atom is 0.416 e. The van der Waals surface area contributed by atoms with Crippen LogP contribution in [0.5, 0.6) is 0 Å². The van der Waals surface area contributed by atoms with Gasteiger partial charge in [-0.1, -0.05) is 42.5 Å². The third-order valence-corrected chi connectivity index (χ3v) is 5.28. The Hall–Kier alpha value is -3.72. The van der Waals surface area contributed by atoms with Gasteiger partial charge in [0.05, 0.1) is 12.0 Å². The Kier molecular flexibility index (Phi) is 6.89. The molecule has 0 aliphatic heterocycles. The Bertz CT molecular complexity index is 1150. The van der Waals surface area contributed by atoms with Gasteiger partial charge in [-0.2, -0.15) is 0 Å². The first-order valence-corrected chi connectivity index (χ1v) is 9.88. The molecule has 0 saturated carbocycles. The van der Waals surface area contributed by atoms with Crippen molar-refractivity contribution in [2.75, 3.05) is 6.61 Å². The summed E-state index contributed by atoms with van der Waals surface area (Å²) >= 11 is 0. The van der Waals surface area contributed by atoms with Gasteiger partial charge in [-0.25, -0.2) is 9.18 Å². The molecular weight excluding hydrogens is 419 g/mol. The number of halogens is 1. The number of aromatic nitrogens is 1. The van der Waals surface area contributed by atoms with Crippen LogP contribution in [0.1, 0.15) is 29.4 Å². The van der Waals surface area contributed by atoms with Crippen molar-refractivity contribution in [1.82, 2.24) is 10.3 Å². The fourth-order valence-corrected chi connectivity index (χ4v) is 3.39. The fraction of sp³-hybridized carbons (Fsp3) is 0.261. The van der Waals surface area contributed by atoms with E-state index in [9.17, 15) is 29.0 Å². The standard InChI is InChI=1S/C23H23FN2O6/c1-23(13-27,21(29)30)11-16(25-20(28)19-12-32-22(31)26-19)10-14-6-8-15(9-7-14)17-4-2-3-5-18(17)24/h2-9,12,16,27H,10-11,13H2,1H3,(H,25,28)(H,26,31)(H,29,30). The average Bonchev–Trinajstić information content (AvgIpc) is 3.21. The zero-order valence-corrected chi connectivity index (χ0v) is 17.3. The van der Waals surface area contributed by atoms with Crippen molar-refractivity contribution >= 4 is 11.9 Å². The lowest BCUT2D eigenvalue weighted by molar-refractivity contribution is -0.151. The lowest BCUT2D eigenvalue weighted by Gasteiger charge is -2.28. The summed E-state index contributed by atoms with van der Waals surface area (Å²) in [5, 5.41) is 21.8. The molecule has 8 nitrogen and oxygen atoms in total. The first-order valence-electron chi connectivity index (χ1n) is 9.88. The van der Waals surface area contributed by atoms with Gasteiger partial charge in [0.2, 0.25) is 0 Å². The topological polar surface area (TPSA) is 133 Å². The molecule has 1 heterocycles. The molecule has 3 rings (SSSR count). The minimum Gasteiger partial charge on any atom is -0.481 e. The van der Waals surface area contributed by atoms with Crippen LogP contribution in [0.15, 0.2) is 64.0 Å². The van der Waals surface area contributed by atoms with Gasteiger partial charge in [0.25, 0.3) is 5.91 Å². The predicted molar refractivity (Wildman–Crippen MR) is 114 cm³/mol. The Labute approximate surface area is 182 Å². The lowest BCUT2D eigenvalue weighted by atomic mass is 9.82. The number of benzene rings is 2. The summed E-state index contributed by atoms with van der Waals surface area (Å²) < 4.78 is 18.6. The van der Waals surface area contributed by atoms with E-state index in [-0.39, 0.29) is 24.4 Å². The van der Waals surface area contributed by atoms with Gasteiger partial charge in [0.15, 0.2) is 0 Å². The van der Waals surface area contributed by atoms with Crippen LogP contribution in [0.25, 0.3) is 11.1 Å². The molecule has 0 aliphatic rings. The maximum absolute atomic E-state index is 14.0. The minimum absolute atomic E-state index is 0.0677. The van der Waals surface area contributed by atoms with Crippen LogP contribution >= 0.6 is 0 Å². The molecule has 0 bridgehead atoms. The molecule has 2 atom stereocenters. The zero-order valence-electron chi connectivity index (χ0n) is 17.3. The largest absolute Gasteiger partial charge is 0.481 e. The van der Waals surface area contributed by atoms with E-state index in [4.69, 9.17) is 0 Å². The van der Waals surface area contributed by atoms with Crippen LogP contribution in [0, 0.1) is 11.2 Å². The number of amides is 1. The summed E-state index contributed by atoms with van der Waals surface area (Å²) in [4.78, 5) is 37.6. The van der Waals surface area contributed by atoms with E-state index in [0.717, 1.165) is 11.8 Å². The molecule has 0 spiro atoms. The Morgan fingerprint density at radius 1 is 1.19 bits per heavy atom. The van der Waals surface area contributed by atoms with Gasteiger partial charge < -0.3 is 19.9 Å². The smallest absolute Gasteiger partial charge is 0.416 e. The molecule has 1 aromatic heterocycles. The number of H-pyrrole nitrogens is 1. The second-order valence-corrected chi connectivity index (χ2v) is 7.84. The molecular formula is C23H23FN2O6. The van der Waals surface area contributed by atoms with Gasteiger partial charge in [0, 0.05) is 11.6 Å². The highest BCUT2D eigenvalue weighted by molar-refractivity contribution is 5.92. The molecule has 0 fully saturated rings. The van der Waals surface area contributed by atoms with Crippen LogP contribution in [0.4, 0.5) is 4.39 Å². The molecule has 1 amide bonds. The normalized spacial score (nSPS) is 13.8. The molecule has 4 N–H and O–H groups in total. The number of hydrogen-bond acceptors (Lipinski definition) is 5. The molecule has 168 valence electrons. The van der Waals surface area contributed by atoms with E-state index in [1.54, 1.807) is 42.5 Å². The number of carbonyl (C=O) groups excluding carboxylic acids is 1. The number of rotatable bonds is 9. The van der Waals surface area contributed by atoms with E-state index in [1.165, 1.54) is 13.0 Å². The van der Waals surface area contributed by atoms with Crippen molar-refractivity contribution < 1.29 is 28.6 Å². The highest BCUT2D eigenvalue weighted by Gasteiger charge is 2.36. The molecule has 0 saturated heterocycles. The molecule has 3 aromatic rings. The van der Waals surface area contributed by atoms with Crippen molar-refractivity contribution in [3.63, 3.8) is 0 Å². The molecule has 2 unspecified atom stereocenters. The number of hydrogen-bond donors (Lipinski definition) is 4. The number of aliphatic hydroxyl groups excluding tert-OH is 1. The van der Waals surface area contributed by atoms with Gasteiger partial charge >= 0.3 is 11.7 Å². The van der Waals surface area contributed by atoms with E-state index < -0.39 is 35.7 Å². The first kappa shape index (κ1) is 23.0. The third-order valence-electron chi connectivity index (χ3n) is 5.28. The molecule has 32 heavy (non-hydrogen) atoms. The van der Waals surface area contributed by atoms with E-state index in [0.29, 0.717) is 11.1 Å². The van der Waals surface area contributed by atoms with Gasteiger partial charge in [-0.3, -0.25) is 14.6 Å². The summed E-state index contributed by atoms with van der Waals surface area (Å²) in [7, 11) is 0. The van der Waals surface area contributed by atoms with E-state index in [1.807, 2.05) is 0 Å². The number of carboxylic acids is 1. The van der Waals surface area contributed by atoms with Crippen LogP contribution < -0.4 is 11.1 Å². The Balaban J connectivity index is 1.82. The second kappa shape index (κ2) is 9.61. The number of oxazole rings is 1. The predicted octanol–water partition coefficient (Wildman–Crippen LogP) is 2.59. The zero-order chi connectivity index (χ0) is 23.3. The van der Waals surface area contributed by atoms with Crippen molar-refractivity contribution in [1.29, 1.82) is 0 Å². The summed E-state index contributed by atoms with van der Waals surface area (Å²) in [6, 6.07) is 12.7. The molecule has 0 radical (unpaired) electrons. The lowest BCUT2D eigenvalue weighted by Crippen LogP contribution is -2.44. The average molecular weight is 442 g/mol. The Morgan fingerprint density at radius 2 is 1.88 bits per heavy atom. The summed E-state index contributed by atoms with van der Waals surface area (Å²) in [6.45, 7) is 0.763. The number of aromatic amines is 1. The summed E-state index contributed by atoms with van der Waals surface area (Å²) in [5.41, 5.74) is 0.299. The second-order valence-electron chi connectivity index (χ2n) is 7.84. The van der Waals surface area contributed by atoms with E-state index in [2.05, 4.69) is 14.7 Å². The van der Waals surface area contributed by atoms with Crippen molar-refractivity contribution in [2.45, 2.75) is 25.8 Å². The molecule has 2 aromatic carbocycles. The molecule has 0 aliphatic carbocycles. The van der Waals surface area contributed by atoms with E-state index >= 15 is 0 Å². The SMILES string of the molecule is CC(CO)(CC(Cc1ccc(-c2ccccc2F)cc1)NC(=O)c1coc(=O)[nH]1)C(=O)O. The van der Waals surface area contributed by atoms with Crippen molar-refractivity contribution in [3.05, 3.63) is 82.4 Å². The van der Waals surface area contributed by atoms with Crippen molar-refractivity contribution in [2.24, 2.45) is 5.41 Å². The first-order chi connectivity index (χ1) is 15.2. The van der Waals surface area contributed by atoms with Crippen LogP contribution in [-0.4, -0.2) is 39.7 Å². The number of nitrogens with one attached hydrogen (secondary N) is 2. The van der Waals surface area contributed by atoms with Gasteiger partial charge in [-0.05, 0) is 37.0 Å². The monoisotopic (exact) mass is 442 g/mol. The summed E-state index contributed by atoms with van der Waals surface area (Å²) in [5.74, 6) is -2.98. The number of aliphatic hydroxyl groups is 1. The van der Waals surface area contributed by atoms with Crippen LogP contribution in [0.3, 0.4) is 0 Å². The maximum atomic E-state index is 14.0. The van der Waals surface area contributed by atoms with Crippen LogP contribution in [0.2, 0.25) is 0 Å². The Morgan fingerprint density at radius 3 is 2.44 bits per heavy atom. The van der Waals surface area contributed by atoms with Gasteiger partial charge in [-0.15, -0.1) is 0 Å². The van der Waals surface area contributed by atoms with Crippen LogP contribution in [-0.2, 0) is 11.2 Å². The number of aliphatic carboxylic acids is 1. The highest BCUT2D eigenvalue weighted by Crippen LogP contribution is 2.26. The van der Waals surface area contributed by atoms with Crippen molar-refractivity contribution in [3.8, 4) is 11.1 Å². The minimum atomic E-state index is -1.49. The third kappa shape index (κ3) is 5.30. The molecule has 9 heteroatoms. The quantitative estimate of drug-likeness (QED) is 0.403.